The number of ether oxygens (including phenoxy) is 2. The molecule has 24 heavy (non-hydrogen) atoms. The molecule has 5 heteroatoms. The first-order valence-electron chi connectivity index (χ1n) is 8.82. The van der Waals surface area contributed by atoms with Crippen LogP contribution >= 0.6 is 0 Å². The van der Waals surface area contributed by atoms with Gasteiger partial charge >= 0.3 is 0 Å². The number of aromatic hydroxyl groups is 1. The number of piperidine rings is 1. The van der Waals surface area contributed by atoms with Crippen molar-refractivity contribution in [1.82, 2.24) is 4.90 Å². The standard InChI is InChI=1S/C19H23NO4/c1-3-23-14-9-11-12-8-10-4-5-13(21)17-15(10)19(11,6-7-20(12)2)18(24-17)16(14)22/h4-5,9,11-12,16,18,21-22H,3,6-8H2,1-2H3/t11-,12+,16-,18-,19-/m0/s1. The normalized spacial score (nSPS) is 39.0. The summed E-state index contributed by atoms with van der Waals surface area (Å²) in [6, 6.07) is 4.12. The summed E-state index contributed by atoms with van der Waals surface area (Å²) in [5.74, 6) is 1.62. The third-order valence-corrected chi connectivity index (χ3v) is 6.56. The summed E-state index contributed by atoms with van der Waals surface area (Å²) in [4.78, 5) is 2.42. The number of rotatable bonds is 2. The number of likely N-dealkylation sites (N-methyl/N-ethyl adjacent to an activating group) is 1. The zero-order valence-corrected chi connectivity index (χ0v) is 14.0. The molecule has 0 radical (unpaired) electrons. The fraction of sp³-hybridized carbons (Fsp3) is 0.579. The van der Waals surface area contributed by atoms with E-state index in [1.165, 1.54) is 5.56 Å². The number of benzene rings is 1. The highest BCUT2D eigenvalue weighted by Gasteiger charge is 2.65. The summed E-state index contributed by atoms with van der Waals surface area (Å²) >= 11 is 0. The fourth-order valence-electron chi connectivity index (χ4n) is 5.56. The SMILES string of the molecule is CCOC1=C[C@H]2[C@H]3Cc4ccc(O)c5c4[C@@]2(CCN3C)[C@@H](O5)[C@H]1O. The van der Waals surface area contributed by atoms with Gasteiger partial charge < -0.3 is 24.6 Å². The van der Waals surface area contributed by atoms with Gasteiger partial charge in [-0.25, -0.2) is 0 Å². The monoisotopic (exact) mass is 329 g/mol. The van der Waals surface area contributed by atoms with E-state index in [2.05, 4.69) is 18.0 Å². The number of hydrogen-bond donors (Lipinski definition) is 2. The van der Waals surface area contributed by atoms with E-state index in [1.807, 2.05) is 13.0 Å². The van der Waals surface area contributed by atoms with Gasteiger partial charge in [-0.2, -0.15) is 0 Å². The molecule has 4 aliphatic rings. The smallest absolute Gasteiger partial charge is 0.165 e. The number of hydrogen-bond acceptors (Lipinski definition) is 5. The van der Waals surface area contributed by atoms with Gasteiger partial charge in [0.05, 0.1) is 6.61 Å². The van der Waals surface area contributed by atoms with Gasteiger partial charge in [0.25, 0.3) is 0 Å². The number of likely N-dealkylation sites (tertiary alicyclic amines) is 1. The maximum absolute atomic E-state index is 10.9. The Hall–Kier alpha value is -1.72. The van der Waals surface area contributed by atoms with Gasteiger partial charge in [0.1, 0.15) is 18.0 Å². The second-order valence-corrected chi connectivity index (χ2v) is 7.50. The topological polar surface area (TPSA) is 62.2 Å². The Labute approximate surface area is 141 Å². The molecule has 5 rings (SSSR count). The van der Waals surface area contributed by atoms with E-state index in [9.17, 15) is 10.2 Å². The predicted octanol–water partition coefficient (Wildman–Crippen LogP) is 1.56. The fourth-order valence-corrected chi connectivity index (χ4v) is 5.56. The van der Waals surface area contributed by atoms with Gasteiger partial charge in [-0.1, -0.05) is 6.07 Å². The van der Waals surface area contributed by atoms with Crippen LogP contribution in [0.1, 0.15) is 24.5 Å². The van der Waals surface area contributed by atoms with Crippen LogP contribution in [0, 0.1) is 5.92 Å². The largest absolute Gasteiger partial charge is 0.504 e. The van der Waals surface area contributed by atoms with Crippen molar-refractivity contribution in [2.24, 2.45) is 5.92 Å². The Bertz CT molecular complexity index is 745. The Balaban J connectivity index is 1.77. The van der Waals surface area contributed by atoms with E-state index in [4.69, 9.17) is 9.47 Å². The van der Waals surface area contributed by atoms with E-state index >= 15 is 0 Å². The van der Waals surface area contributed by atoms with Crippen LogP contribution in [0.25, 0.3) is 0 Å². The van der Waals surface area contributed by atoms with E-state index in [0.717, 1.165) is 24.9 Å². The molecule has 1 spiro atoms. The molecule has 1 aromatic rings. The van der Waals surface area contributed by atoms with Gasteiger partial charge in [-0.05, 0) is 51.1 Å². The van der Waals surface area contributed by atoms with Crippen molar-refractivity contribution >= 4 is 0 Å². The van der Waals surface area contributed by atoms with Crippen LogP contribution in [0.5, 0.6) is 11.5 Å². The number of aliphatic hydroxyl groups is 1. The molecular weight excluding hydrogens is 306 g/mol. The number of phenolic OH excluding ortho intramolecular Hbond substituents is 1. The van der Waals surface area contributed by atoms with Crippen LogP contribution in [-0.2, 0) is 16.6 Å². The van der Waals surface area contributed by atoms with E-state index < -0.39 is 6.10 Å². The van der Waals surface area contributed by atoms with E-state index in [1.54, 1.807) is 6.07 Å². The lowest BCUT2D eigenvalue weighted by molar-refractivity contribution is -0.0709. The molecule has 1 fully saturated rings. The quantitative estimate of drug-likeness (QED) is 0.862. The average Bonchev–Trinajstić information content (AvgIpc) is 2.92. The van der Waals surface area contributed by atoms with E-state index in [0.29, 0.717) is 24.2 Å². The van der Waals surface area contributed by atoms with E-state index in [-0.39, 0.29) is 23.2 Å². The van der Waals surface area contributed by atoms with Crippen molar-refractivity contribution in [2.75, 3.05) is 20.2 Å². The minimum absolute atomic E-state index is 0.179. The third-order valence-electron chi connectivity index (χ3n) is 6.56. The van der Waals surface area contributed by atoms with Crippen molar-refractivity contribution in [2.45, 2.75) is 43.4 Å². The first-order chi connectivity index (χ1) is 11.6. The number of aliphatic hydroxyl groups excluding tert-OH is 1. The zero-order valence-electron chi connectivity index (χ0n) is 14.0. The lowest BCUT2D eigenvalue weighted by atomic mass is 9.53. The highest BCUT2D eigenvalue weighted by molar-refractivity contribution is 5.62. The zero-order chi connectivity index (χ0) is 16.6. The number of nitrogens with zero attached hydrogens (tertiary/aromatic N) is 1. The molecule has 5 atom stereocenters. The summed E-state index contributed by atoms with van der Waals surface area (Å²) in [5, 5.41) is 21.3. The minimum Gasteiger partial charge on any atom is -0.504 e. The summed E-state index contributed by atoms with van der Waals surface area (Å²) in [5.41, 5.74) is 2.13. The van der Waals surface area contributed by atoms with Crippen molar-refractivity contribution in [3.63, 3.8) is 0 Å². The Kier molecular flexibility index (Phi) is 2.84. The Morgan fingerprint density at radius 3 is 3.04 bits per heavy atom. The molecule has 0 unspecified atom stereocenters. The molecule has 5 nitrogen and oxygen atoms in total. The summed E-state index contributed by atoms with van der Waals surface area (Å²) < 4.78 is 11.9. The molecule has 2 aliphatic carbocycles. The maximum Gasteiger partial charge on any atom is 0.165 e. The number of phenols is 1. The van der Waals surface area contributed by atoms with Crippen LogP contribution < -0.4 is 4.74 Å². The van der Waals surface area contributed by atoms with Crippen LogP contribution in [0.2, 0.25) is 0 Å². The lowest BCUT2D eigenvalue weighted by Gasteiger charge is -2.56. The molecule has 2 bridgehead atoms. The Morgan fingerprint density at radius 2 is 2.25 bits per heavy atom. The van der Waals surface area contributed by atoms with Gasteiger partial charge in [0.15, 0.2) is 11.5 Å². The molecule has 128 valence electrons. The summed E-state index contributed by atoms with van der Waals surface area (Å²) in [6.45, 7) is 3.43. The van der Waals surface area contributed by atoms with Gasteiger partial charge in [0, 0.05) is 22.9 Å². The van der Waals surface area contributed by atoms with Crippen molar-refractivity contribution in [3.8, 4) is 11.5 Å². The summed E-state index contributed by atoms with van der Waals surface area (Å²) in [6.07, 6.45) is 2.83. The van der Waals surface area contributed by atoms with Crippen LogP contribution in [0.4, 0.5) is 0 Å². The molecule has 0 saturated carbocycles. The van der Waals surface area contributed by atoms with Crippen LogP contribution in [0.3, 0.4) is 0 Å². The second kappa shape index (κ2) is 4.67. The Morgan fingerprint density at radius 1 is 1.42 bits per heavy atom. The van der Waals surface area contributed by atoms with Crippen LogP contribution in [0.15, 0.2) is 24.0 Å². The van der Waals surface area contributed by atoms with Crippen LogP contribution in [-0.4, -0.2) is 53.6 Å². The first kappa shape index (κ1) is 14.6. The highest BCUT2D eigenvalue weighted by atomic mass is 16.5. The predicted molar refractivity (Wildman–Crippen MR) is 88.1 cm³/mol. The van der Waals surface area contributed by atoms with Crippen molar-refractivity contribution < 1.29 is 19.7 Å². The molecule has 2 aliphatic heterocycles. The highest BCUT2D eigenvalue weighted by Crippen LogP contribution is 2.63. The maximum atomic E-state index is 10.9. The second-order valence-electron chi connectivity index (χ2n) is 7.50. The first-order valence-corrected chi connectivity index (χ1v) is 8.82. The van der Waals surface area contributed by atoms with Crippen molar-refractivity contribution in [1.29, 1.82) is 0 Å². The van der Waals surface area contributed by atoms with Gasteiger partial charge in [0.2, 0.25) is 0 Å². The molecular formula is C19H23NO4. The minimum atomic E-state index is -0.789. The molecule has 0 aromatic heterocycles. The molecule has 2 heterocycles. The lowest BCUT2D eigenvalue weighted by Crippen LogP contribution is -2.65. The summed E-state index contributed by atoms with van der Waals surface area (Å²) in [7, 11) is 2.17. The molecule has 0 amide bonds. The van der Waals surface area contributed by atoms with Gasteiger partial charge in [-0.15, -0.1) is 0 Å². The molecule has 1 aromatic carbocycles. The van der Waals surface area contributed by atoms with Crippen molar-refractivity contribution in [3.05, 3.63) is 35.1 Å². The molecule has 2 N–H and O–H groups in total. The third kappa shape index (κ3) is 1.53. The van der Waals surface area contributed by atoms with Gasteiger partial charge in [-0.3, -0.25) is 0 Å². The molecule has 1 saturated heterocycles. The average molecular weight is 329 g/mol.